The van der Waals surface area contributed by atoms with E-state index in [0.717, 1.165) is 17.0 Å². The van der Waals surface area contributed by atoms with Crippen LogP contribution >= 0.6 is 11.6 Å². The first-order valence-corrected chi connectivity index (χ1v) is 8.04. The predicted octanol–water partition coefficient (Wildman–Crippen LogP) is 5.30. The molecule has 0 aliphatic carbocycles. The average molecular weight is 352 g/mol. The summed E-state index contributed by atoms with van der Waals surface area (Å²) >= 11 is 6.07. The van der Waals surface area contributed by atoms with Crippen LogP contribution < -0.4 is 10.1 Å². The number of furan rings is 1. The van der Waals surface area contributed by atoms with Crippen molar-refractivity contribution in [3.8, 4) is 17.1 Å². The maximum absolute atomic E-state index is 6.07. The molecule has 0 amide bonds. The van der Waals surface area contributed by atoms with Crippen LogP contribution in [0.1, 0.15) is 0 Å². The Balaban J connectivity index is 1.76. The van der Waals surface area contributed by atoms with Gasteiger partial charge in [0, 0.05) is 17.3 Å². The molecule has 1 N–H and O–H groups in total. The number of ether oxygens (including phenoxy) is 1. The molecule has 0 spiro atoms. The van der Waals surface area contributed by atoms with Gasteiger partial charge in [0.25, 0.3) is 0 Å². The van der Waals surface area contributed by atoms with Gasteiger partial charge in [-0.2, -0.15) is 4.98 Å². The lowest BCUT2D eigenvalue weighted by atomic mass is 10.2. The minimum Gasteiger partial charge on any atom is -0.497 e. The number of methoxy groups -OCH3 is 1. The lowest BCUT2D eigenvalue weighted by Gasteiger charge is -2.07. The molecule has 4 rings (SSSR count). The number of rotatable bonds is 4. The van der Waals surface area contributed by atoms with E-state index in [1.54, 1.807) is 7.11 Å². The van der Waals surface area contributed by atoms with Crippen LogP contribution in [0.3, 0.4) is 0 Å². The van der Waals surface area contributed by atoms with Crippen LogP contribution in [-0.2, 0) is 0 Å². The van der Waals surface area contributed by atoms with Crippen molar-refractivity contribution >= 4 is 34.2 Å². The summed E-state index contributed by atoms with van der Waals surface area (Å²) in [6, 6.07) is 19.2. The quantitative estimate of drug-likeness (QED) is 0.506. The second-order valence-electron chi connectivity index (χ2n) is 5.39. The van der Waals surface area contributed by atoms with Gasteiger partial charge in [-0.05, 0) is 35.9 Å². The normalized spacial score (nSPS) is 10.8. The van der Waals surface area contributed by atoms with Gasteiger partial charge < -0.3 is 14.5 Å². The third kappa shape index (κ3) is 3.14. The number of benzene rings is 2. The summed E-state index contributed by atoms with van der Waals surface area (Å²) in [7, 11) is 1.63. The van der Waals surface area contributed by atoms with E-state index in [9.17, 15) is 0 Å². The fourth-order valence-corrected chi connectivity index (χ4v) is 2.72. The number of aromatic nitrogens is 2. The SMILES string of the molecule is COc1ccc(Nc2nc(Cl)nc3cc(-c4ccccc4)oc23)cc1. The summed E-state index contributed by atoms with van der Waals surface area (Å²) in [5.74, 6) is 2.01. The van der Waals surface area contributed by atoms with Gasteiger partial charge in [0.05, 0.1) is 7.11 Å². The van der Waals surface area contributed by atoms with Crippen LogP contribution in [0, 0.1) is 0 Å². The van der Waals surface area contributed by atoms with Crippen LogP contribution in [0.4, 0.5) is 11.5 Å². The third-order valence-electron chi connectivity index (χ3n) is 3.76. The summed E-state index contributed by atoms with van der Waals surface area (Å²) in [4.78, 5) is 8.52. The fraction of sp³-hybridized carbons (Fsp3) is 0.0526. The van der Waals surface area contributed by atoms with Crippen molar-refractivity contribution in [2.24, 2.45) is 0 Å². The second kappa shape index (κ2) is 6.45. The second-order valence-corrected chi connectivity index (χ2v) is 5.72. The van der Waals surface area contributed by atoms with Gasteiger partial charge in [0.15, 0.2) is 11.4 Å². The zero-order valence-electron chi connectivity index (χ0n) is 13.4. The highest BCUT2D eigenvalue weighted by atomic mass is 35.5. The average Bonchev–Trinajstić information content (AvgIpc) is 3.07. The van der Waals surface area contributed by atoms with Gasteiger partial charge in [0.2, 0.25) is 5.28 Å². The van der Waals surface area contributed by atoms with Crippen molar-refractivity contribution in [1.82, 2.24) is 9.97 Å². The lowest BCUT2D eigenvalue weighted by molar-refractivity contribution is 0.415. The van der Waals surface area contributed by atoms with Crippen LogP contribution in [-0.4, -0.2) is 17.1 Å². The molecule has 0 aliphatic rings. The van der Waals surface area contributed by atoms with E-state index in [2.05, 4.69) is 15.3 Å². The van der Waals surface area contributed by atoms with E-state index in [1.807, 2.05) is 60.7 Å². The van der Waals surface area contributed by atoms with Crippen molar-refractivity contribution < 1.29 is 9.15 Å². The molecule has 0 atom stereocenters. The molecule has 6 heteroatoms. The largest absolute Gasteiger partial charge is 0.497 e. The lowest BCUT2D eigenvalue weighted by Crippen LogP contribution is -1.96. The molecule has 2 heterocycles. The number of nitrogens with one attached hydrogen (secondary N) is 1. The van der Waals surface area contributed by atoms with Crippen molar-refractivity contribution in [3.05, 3.63) is 65.9 Å². The Kier molecular flexibility index (Phi) is 3.99. The number of hydrogen-bond acceptors (Lipinski definition) is 5. The molecule has 0 saturated carbocycles. The monoisotopic (exact) mass is 351 g/mol. The van der Waals surface area contributed by atoms with E-state index in [-0.39, 0.29) is 5.28 Å². The summed E-state index contributed by atoms with van der Waals surface area (Å²) in [6.45, 7) is 0. The van der Waals surface area contributed by atoms with Gasteiger partial charge in [-0.1, -0.05) is 30.3 Å². The maximum atomic E-state index is 6.07. The van der Waals surface area contributed by atoms with E-state index >= 15 is 0 Å². The number of hydrogen-bond donors (Lipinski definition) is 1. The Labute approximate surface area is 149 Å². The molecule has 0 radical (unpaired) electrons. The van der Waals surface area contributed by atoms with Crippen LogP contribution in [0.15, 0.2) is 65.1 Å². The summed E-state index contributed by atoms with van der Waals surface area (Å²) < 4.78 is 11.2. The van der Waals surface area contributed by atoms with Gasteiger partial charge in [0.1, 0.15) is 17.0 Å². The minimum absolute atomic E-state index is 0.156. The summed E-state index contributed by atoms with van der Waals surface area (Å²) in [5, 5.41) is 3.38. The van der Waals surface area contributed by atoms with Crippen LogP contribution in [0.25, 0.3) is 22.4 Å². The van der Waals surface area contributed by atoms with E-state index < -0.39 is 0 Å². The number of anilines is 2. The summed E-state index contributed by atoms with van der Waals surface area (Å²) in [5.41, 5.74) is 3.01. The topological polar surface area (TPSA) is 60.2 Å². The maximum Gasteiger partial charge on any atom is 0.225 e. The zero-order valence-corrected chi connectivity index (χ0v) is 14.1. The molecular formula is C19H14ClN3O2. The van der Waals surface area contributed by atoms with Crippen molar-refractivity contribution in [2.45, 2.75) is 0 Å². The highest BCUT2D eigenvalue weighted by molar-refractivity contribution is 6.28. The molecule has 0 saturated heterocycles. The Morgan fingerprint density at radius 3 is 2.48 bits per heavy atom. The number of halogens is 1. The molecule has 124 valence electrons. The first kappa shape index (κ1) is 15.5. The van der Waals surface area contributed by atoms with Crippen molar-refractivity contribution in [1.29, 1.82) is 0 Å². The smallest absolute Gasteiger partial charge is 0.225 e. The van der Waals surface area contributed by atoms with E-state index in [1.165, 1.54) is 0 Å². The van der Waals surface area contributed by atoms with Crippen LogP contribution in [0.5, 0.6) is 5.75 Å². The predicted molar refractivity (Wildman–Crippen MR) is 98.5 cm³/mol. The van der Waals surface area contributed by atoms with Gasteiger partial charge in [-0.25, -0.2) is 4.98 Å². The van der Waals surface area contributed by atoms with Gasteiger partial charge in [-0.15, -0.1) is 0 Å². The number of fused-ring (bicyclic) bond motifs is 1. The molecule has 0 bridgehead atoms. The molecule has 5 nitrogen and oxygen atoms in total. The van der Waals surface area contributed by atoms with Gasteiger partial charge >= 0.3 is 0 Å². The van der Waals surface area contributed by atoms with Crippen molar-refractivity contribution in [2.75, 3.05) is 12.4 Å². The minimum atomic E-state index is 0.156. The van der Waals surface area contributed by atoms with Crippen LogP contribution in [0.2, 0.25) is 5.28 Å². The first-order valence-electron chi connectivity index (χ1n) is 7.66. The first-order chi connectivity index (χ1) is 12.2. The van der Waals surface area contributed by atoms with Crippen molar-refractivity contribution in [3.63, 3.8) is 0 Å². The Hall–Kier alpha value is -3.05. The molecule has 0 fully saturated rings. The Bertz CT molecular complexity index is 1010. The van der Waals surface area contributed by atoms with E-state index in [4.69, 9.17) is 20.8 Å². The zero-order chi connectivity index (χ0) is 17.2. The molecule has 2 aromatic carbocycles. The Morgan fingerprint density at radius 2 is 1.76 bits per heavy atom. The fourth-order valence-electron chi connectivity index (χ4n) is 2.54. The van der Waals surface area contributed by atoms with E-state index in [0.29, 0.717) is 22.7 Å². The highest BCUT2D eigenvalue weighted by Crippen LogP contribution is 2.32. The standard InChI is InChI=1S/C19H14ClN3O2/c1-24-14-9-7-13(8-10-14)21-18-17-15(22-19(20)23-18)11-16(25-17)12-5-3-2-4-6-12/h2-11H,1H3,(H,21,22,23). The molecule has 0 aliphatic heterocycles. The summed E-state index contributed by atoms with van der Waals surface area (Å²) in [6.07, 6.45) is 0. The molecule has 4 aromatic rings. The number of nitrogens with zero attached hydrogens (tertiary/aromatic N) is 2. The van der Waals surface area contributed by atoms with Gasteiger partial charge in [-0.3, -0.25) is 0 Å². The highest BCUT2D eigenvalue weighted by Gasteiger charge is 2.14. The molecule has 0 unspecified atom stereocenters. The Morgan fingerprint density at radius 1 is 1.00 bits per heavy atom. The molecular weight excluding hydrogens is 338 g/mol. The third-order valence-corrected chi connectivity index (χ3v) is 3.92. The molecule has 2 aromatic heterocycles. The molecule has 25 heavy (non-hydrogen) atoms.